The van der Waals surface area contributed by atoms with Gasteiger partial charge in [-0.25, -0.2) is 4.98 Å². The SMILES string of the molecule is O=C(O)CCC(=O)Nc1ccc(NCc2ccco2)nc1. The Morgan fingerprint density at radius 3 is 2.71 bits per heavy atom. The van der Waals surface area contributed by atoms with Crippen LogP contribution < -0.4 is 10.6 Å². The molecule has 0 aliphatic rings. The van der Waals surface area contributed by atoms with Crippen molar-refractivity contribution in [2.45, 2.75) is 19.4 Å². The number of anilines is 2. The number of rotatable bonds is 7. The van der Waals surface area contributed by atoms with Gasteiger partial charge in [0.1, 0.15) is 11.6 Å². The molecule has 0 unspecified atom stereocenters. The number of furan rings is 1. The second kappa shape index (κ2) is 7.09. The summed E-state index contributed by atoms with van der Waals surface area (Å²) in [6.07, 6.45) is 2.85. The molecule has 2 heterocycles. The standard InChI is InChI=1S/C14H15N3O4/c18-13(5-6-14(19)20)17-10-3-4-12(15-8-10)16-9-11-2-1-7-21-11/h1-4,7-8H,5-6,9H2,(H,15,16)(H,17,18)(H,19,20). The number of aromatic nitrogens is 1. The minimum atomic E-state index is -0.999. The molecule has 0 bridgehead atoms. The number of carbonyl (C=O) groups is 2. The van der Waals surface area contributed by atoms with E-state index in [1.807, 2.05) is 6.07 Å². The number of carboxylic acids is 1. The molecule has 2 aromatic rings. The first-order valence-corrected chi connectivity index (χ1v) is 6.37. The Kier molecular flexibility index (Phi) is 4.92. The molecule has 3 N–H and O–H groups in total. The van der Waals surface area contributed by atoms with Crippen LogP contribution in [-0.4, -0.2) is 22.0 Å². The topological polar surface area (TPSA) is 104 Å². The fourth-order valence-corrected chi connectivity index (χ4v) is 1.61. The van der Waals surface area contributed by atoms with Crippen LogP contribution in [0, 0.1) is 0 Å². The third-order valence-corrected chi connectivity index (χ3v) is 2.64. The van der Waals surface area contributed by atoms with Crippen LogP contribution in [0.15, 0.2) is 41.1 Å². The number of nitrogens with one attached hydrogen (secondary N) is 2. The van der Waals surface area contributed by atoms with E-state index in [2.05, 4.69) is 15.6 Å². The molecule has 7 nitrogen and oxygen atoms in total. The van der Waals surface area contributed by atoms with Gasteiger partial charge in [-0.05, 0) is 24.3 Å². The van der Waals surface area contributed by atoms with E-state index in [9.17, 15) is 9.59 Å². The fourth-order valence-electron chi connectivity index (χ4n) is 1.61. The zero-order valence-electron chi connectivity index (χ0n) is 11.2. The van der Waals surface area contributed by atoms with Crippen LogP contribution in [0.4, 0.5) is 11.5 Å². The lowest BCUT2D eigenvalue weighted by molar-refractivity contribution is -0.138. The van der Waals surface area contributed by atoms with Crippen molar-refractivity contribution in [2.75, 3.05) is 10.6 Å². The molecule has 0 radical (unpaired) electrons. The average molecular weight is 289 g/mol. The summed E-state index contributed by atoms with van der Waals surface area (Å²) in [4.78, 5) is 26.0. The first-order valence-electron chi connectivity index (χ1n) is 6.37. The van der Waals surface area contributed by atoms with E-state index in [0.29, 0.717) is 18.1 Å². The van der Waals surface area contributed by atoms with Crippen molar-refractivity contribution in [1.29, 1.82) is 0 Å². The van der Waals surface area contributed by atoms with Crippen LogP contribution in [0.3, 0.4) is 0 Å². The predicted molar refractivity (Wildman–Crippen MR) is 75.8 cm³/mol. The van der Waals surface area contributed by atoms with Gasteiger partial charge in [0.2, 0.25) is 5.91 Å². The number of carbonyl (C=O) groups excluding carboxylic acids is 1. The summed E-state index contributed by atoms with van der Waals surface area (Å²) in [5.41, 5.74) is 0.522. The van der Waals surface area contributed by atoms with Crippen molar-refractivity contribution < 1.29 is 19.1 Å². The number of nitrogens with zero attached hydrogens (tertiary/aromatic N) is 1. The molecule has 0 saturated carbocycles. The molecule has 0 aliphatic heterocycles. The van der Waals surface area contributed by atoms with Crippen LogP contribution in [0.5, 0.6) is 0 Å². The first kappa shape index (κ1) is 14.6. The number of carboxylic acid groups (broad SMARTS) is 1. The van der Waals surface area contributed by atoms with E-state index in [1.54, 1.807) is 24.5 Å². The van der Waals surface area contributed by atoms with Crippen LogP contribution in [0.2, 0.25) is 0 Å². The maximum Gasteiger partial charge on any atom is 0.303 e. The van der Waals surface area contributed by atoms with E-state index < -0.39 is 5.97 Å². The van der Waals surface area contributed by atoms with Crippen molar-refractivity contribution in [2.24, 2.45) is 0 Å². The van der Waals surface area contributed by atoms with Gasteiger partial charge in [-0.2, -0.15) is 0 Å². The summed E-state index contributed by atoms with van der Waals surface area (Å²) >= 11 is 0. The minimum absolute atomic E-state index is 0.0617. The van der Waals surface area contributed by atoms with Crippen molar-refractivity contribution in [3.8, 4) is 0 Å². The number of aliphatic carboxylic acids is 1. The summed E-state index contributed by atoms with van der Waals surface area (Å²) < 4.78 is 5.18. The Morgan fingerprint density at radius 2 is 2.10 bits per heavy atom. The monoisotopic (exact) mass is 289 g/mol. The summed E-state index contributed by atoms with van der Waals surface area (Å²) in [5, 5.41) is 14.1. The zero-order chi connectivity index (χ0) is 15.1. The van der Waals surface area contributed by atoms with Gasteiger partial charge in [-0.3, -0.25) is 9.59 Å². The Bertz CT molecular complexity index is 593. The van der Waals surface area contributed by atoms with Gasteiger partial charge >= 0.3 is 5.97 Å². The van der Waals surface area contributed by atoms with Gasteiger partial charge < -0.3 is 20.2 Å². The highest BCUT2D eigenvalue weighted by Gasteiger charge is 2.06. The van der Waals surface area contributed by atoms with Gasteiger partial charge in [0, 0.05) is 6.42 Å². The average Bonchev–Trinajstić information content (AvgIpc) is 2.98. The minimum Gasteiger partial charge on any atom is -0.481 e. The molecule has 2 rings (SSSR count). The first-order chi connectivity index (χ1) is 10.1. The van der Waals surface area contributed by atoms with Crippen LogP contribution in [-0.2, 0) is 16.1 Å². The molecule has 0 spiro atoms. The van der Waals surface area contributed by atoms with Gasteiger partial charge in [0.05, 0.1) is 31.1 Å². The predicted octanol–water partition coefficient (Wildman–Crippen LogP) is 2.09. The Balaban J connectivity index is 1.81. The van der Waals surface area contributed by atoms with Crippen LogP contribution >= 0.6 is 0 Å². The third-order valence-electron chi connectivity index (χ3n) is 2.64. The van der Waals surface area contributed by atoms with E-state index in [0.717, 1.165) is 5.76 Å². The molecule has 0 saturated heterocycles. The summed E-state index contributed by atoms with van der Waals surface area (Å²) in [7, 11) is 0. The van der Waals surface area contributed by atoms with E-state index >= 15 is 0 Å². The van der Waals surface area contributed by atoms with Crippen LogP contribution in [0.1, 0.15) is 18.6 Å². The number of amides is 1. The Labute approximate surface area is 121 Å². The van der Waals surface area contributed by atoms with Gasteiger partial charge in [0.25, 0.3) is 0 Å². The van der Waals surface area contributed by atoms with Crippen molar-refractivity contribution in [3.63, 3.8) is 0 Å². The van der Waals surface area contributed by atoms with Crippen molar-refractivity contribution in [1.82, 2.24) is 4.98 Å². The molecule has 0 aliphatic carbocycles. The molecule has 0 atom stereocenters. The van der Waals surface area contributed by atoms with E-state index in [-0.39, 0.29) is 18.7 Å². The normalized spacial score (nSPS) is 10.1. The lowest BCUT2D eigenvalue weighted by Crippen LogP contribution is -2.13. The molecule has 110 valence electrons. The quantitative estimate of drug-likeness (QED) is 0.721. The highest BCUT2D eigenvalue weighted by molar-refractivity contribution is 5.92. The molecular weight excluding hydrogens is 274 g/mol. The van der Waals surface area contributed by atoms with Crippen molar-refractivity contribution >= 4 is 23.4 Å². The van der Waals surface area contributed by atoms with E-state index in [1.165, 1.54) is 6.20 Å². The summed E-state index contributed by atoms with van der Waals surface area (Å²) in [6.45, 7) is 0.518. The Morgan fingerprint density at radius 1 is 1.24 bits per heavy atom. The van der Waals surface area contributed by atoms with Crippen molar-refractivity contribution in [3.05, 3.63) is 42.5 Å². The van der Waals surface area contributed by atoms with Gasteiger partial charge in [-0.15, -0.1) is 0 Å². The number of pyridine rings is 1. The second-order valence-corrected chi connectivity index (χ2v) is 4.31. The molecule has 21 heavy (non-hydrogen) atoms. The number of hydrogen-bond donors (Lipinski definition) is 3. The molecule has 0 fully saturated rings. The maximum atomic E-state index is 11.5. The molecule has 2 aromatic heterocycles. The third kappa shape index (κ3) is 4.98. The molecule has 7 heteroatoms. The Hall–Kier alpha value is -2.83. The summed E-state index contributed by atoms with van der Waals surface area (Å²) in [6, 6.07) is 7.07. The lowest BCUT2D eigenvalue weighted by Gasteiger charge is -2.06. The molecule has 1 amide bonds. The van der Waals surface area contributed by atoms with Gasteiger partial charge in [-0.1, -0.05) is 0 Å². The largest absolute Gasteiger partial charge is 0.481 e. The molecule has 0 aromatic carbocycles. The number of hydrogen-bond acceptors (Lipinski definition) is 5. The van der Waals surface area contributed by atoms with E-state index in [4.69, 9.17) is 9.52 Å². The highest BCUT2D eigenvalue weighted by atomic mass is 16.4. The summed E-state index contributed by atoms with van der Waals surface area (Å²) in [5.74, 6) is 0.0917. The zero-order valence-corrected chi connectivity index (χ0v) is 11.2. The van der Waals surface area contributed by atoms with Crippen LogP contribution in [0.25, 0.3) is 0 Å². The fraction of sp³-hybridized carbons (Fsp3) is 0.214. The van der Waals surface area contributed by atoms with Gasteiger partial charge in [0.15, 0.2) is 0 Å². The molecular formula is C14H15N3O4. The smallest absolute Gasteiger partial charge is 0.303 e. The maximum absolute atomic E-state index is 11.5. The second-order valence-electron chi connectivity index (χ2n) is 4.31. The highest BCUT2D eigenvalue weighted by Crippen LogP contribution is 2.11. The lowest BCUT2D eigenvalue weighted by atomic mass is 10.3.